The van der Waals surface area contributed by atoms with E-state index in [2.05, 4.69) is 35.2 Å². The lowest BCUT2D eigenvalue weighted by Crippen LogP contribution is -2.38. The van der Waals surface area contributed by atoms with E-state index >= 15 is 0 Å². The third-order valence-electron chi connectivity index (χ3n) is 8.36. The Hall–Kier alpha value is -3.81. The van der Waals surface area contributed by atoms with Crippen LogP contribution in [0.25, 0.3) is 22.3 Å². The van der Waals surface area contributed by atoms with Crippen LogP contribution in [0.4, 0.5) is 5.95 Å². The van der Waals surface area contributed by atoms with Gasteiger partial charge in [-0.25, -0.2) is 9.97 Å². The molecule has 6 heterocycles. The minimum Gasteiger partial charge on any atom is -0.379 e. The van der Waals surface area contributed by atoms with Crippen molar-refractivity contribution in [3.05, 3.63) is 106 Å². The largest absolute Gasteiger partial charge is 0.379 e. The molecule has 6 aromatic rings. The molecule has 2 aliphatic heterocycles. The fraction of sp³-hybridized carbons (Fsp3) is 0.389. The molecule has 0 saturated carbocycles. The van der Waals surface area contributed by atoms with Gasteiger partial charge in [-0.05, 0) is 47.0 Å². The molecule has 16 nitrogen and oxygen atoms in total. The Labute approximate surface area is 363 Å². The summed E-state index contributed by atoms with van der Waals surface area (Å²) >= 11 is 29.0. The zero-order valence-corrected chi connectivity index (χ0v) is 33.6. The number of nitrogens with two attached hydrogens (primary N) is 1. The van der Waals surface area contributed by atoms with Gasteiger partial charge < -0.3 is 29.7 Å². The van der Waals surface area contributed by atoms with E-state index in [1.807, 2.05) is 12.1 Å². The van der Waals surface area contributed by atoms with Crippen LogP contribution in [0.1, 0.15) is 22.1 Å². The highest BCUT2D eigenvalue weighted by Crippen LogP contribution is 2.23. The van der Waals surface area contributed by atoms with Crippen molar-refractivity contribution < 1.29 is 20.4 Å². The highest BCUT2D eigenvalue weighted by molar-refractivity contribution is 6.42. The first kappa shape index (κ1) is 33.1. The van der Waals surface area contributed by atoms with Gasteiger partial charge >= 0.3 is 0 Å². The third kappa shape index (κ3) is 11.9. The summed E-state index contributed by atoms with van der Waals surface area (Å²) in [5.41, 5.74) is 7.48. The molecule has 0 unspecified atom stereocenters. The number of fused-ring (bicyclic) bond motifs is 2. The van der Waals surface area contributed by atoms with Crippen molar-refractivity contribution in [2.24, 2.45) is 5.73 Å². The van der Waals surface area contributed by atoms with Crippen LogP contribution in [0.3, 0.4) is 0 Å². The summed E-state index contributed by atoms with van der Waals surface area (Å²) in [5.74, 6) is 0.258. The lowest BCUT2D eigenvalue weighted by molar-refractivity contribution is 0.0364. The van der Waals surface area contributed by atoms with Gasteiger partial charge in [0.25, 0.3) is 11.1 Å². The average molecular weight is 891 g/mol. The molecule has 5 N–H and O–H groups in total. The number of anilines is 1. The summed E-state index contributed by atoms with van der Waals surface area (Å²) in [7, 11) is 0. The van der Waals surface area contributed by atoms with Crippen molar-refractivity contribution in [2.75, 3.05) is 70.8 Å². The second-order valence-electron chi connectivity index (χ2n) is 12.2. The maximum absolute atomic E-state index is 12.7. The summed E-state index contributed by atoms with van der Waals surface area (Å²) in [6.07, 6.45) is 2.94. The molecule has 0 atom stereocenters. The van der Waals surface area contributed by atoms with E-state index in [0.717, 1.165) is 11.1 Å². The number of ether oxygens (including phenoxy) is 2. The number of nitrogens with one attached hydrogen (secondary N) is 3. The molecule has 57 heavy (non-hydrogen) atoms. The van der Waals surface area contributed by atoms with Gasteiger partial charge in [-0.2, -0.15) is 9.97 Å². The predicted octanol–water partition coefficient (Wildman–Crippen LogP) is 4.93. The van der Waals surface area contributed by atoms with E-state index in [1.165, 1.54) is 12.7 Å². The maximum Gasteiger partial charge on any atom is 0.278 e. The number of nitrogens with zero attached hydrogens (tertiary/aromatic N) is 8. The van der Waals surface area contributed by atoms with Gasteiger partial charge in [0.2, 0.25) is 11.2 Å². The summed E-state index contributed by atoms with van der Waals surface area (Å²) < 4.78 is 74.2. The highest BCUT2D eigenvalue weighted by atomic mass is 35.5. The maximum atomic E-state index is 12.7. The molecule has 304 valence electrons. The van der Waals surface area contributed by atoms with Crippen molar-refractivity contribution in [1.82, 2.24) is 48.8 Å². The van der Waals surface area contributed by atoms with E-state index in [-0.39, 0.29) is 65.3 Å². The molecule has 2 saturated heterocycles. The highest BCUT2D eigenvalue weighted by Gasteiger charge is 2.15. The van der Waals surface area contributed by atoms with Gasteiger partial charge in [0.15, 0.2) is 22.3 Å². The average Bonchev–Trinajstić information content (AvgIpc) is 3.80. The van der Waals surface area contributed by atoms with Crippen LogP contribution >= 0.6 is 58.0 Å². The van der Waals surface area contributed by atoms with Gasteiger partial charge in [0.1, 0.15) is 0 Å². The van der Waals surface area contributed by atoms with E-state index < -0.39 is 31.8 Å². The van der Waals surface area contributed by atoms with Gasteiger partial charge in [-0.1, -0.05) is 58.5 Å². The van der Waals surface area contributed by atoms with Gasteiger partial charge in [0.05, 0.1) is 69.9 Å². The van der Waals surface area contributed by atoms with Crippen molar-refractivity contribution in [3.63, 3.8) is 0 Å². The molecular formula is C36H41Cl5N12O4. The van der Waals surface area contributed by atoms with Crippen molar-refractivity contribution >= 4 is 86.3 Å². The summed E-state index contributed by atoms with van der Waals surface area (Å²) in [6.45, 7) is -6.43. The normalized spacial score (nSPS) is 20.5. The van der Waals surface area contributed by atoms with Crippen LogP contribution in [-0.2, 0) is 35.7 Å². The summed E-state index contributed by atoms with van der Waals surface area (Å²) in [4.78, 5) is 49.4. The number of aromatic nitrogens is 8. The van der Waals surface area contributed by atoms with Crippen LogP contribution in [0.5, 0.6) is 0 Å². The van der Waals surface area contributed by atoms with Crippen LogP contribution < -0.4 is 22.2 Å². The Morgan fingerprint density at radius 3 is 1.70 bits per heavy atom. The second kappa shape index (κ2) is 20.7. The number of hydrogen-bond acceptors (Lipinski definition) is 12. The monoisotopic (exact) mass is 888 g/mol. The van der Waals surface area contributed by atoms with Gasteiger partial charge in [-0.15, -0.1) is 0 Å². The molecule has 4 aromatic heterocycles. The molecule has 2 aliphatic rings. The topological polar surface area (TPSA) is 190 Å². The molecule has 0 spiro atoms. The number of halogens is 5. The SMILES string of the molecule is NCc1ccc(Cl)c(Cl)c1.[2H]C1([2H])CN(CCn2cnc3nc(Cl)[nH]c(=O)c32)CC([2H])([2H])O1.[2H]C1([2H])CN(CCn2cnc3nc(NCc4ccc(Cl)c(Cl)c4)[nH]c(=O)c32)CC([2H])([2H])O1. The second-order valence-corrected chi connectivity index (χ2v) is 14.2. The summed E-state index contributed by atoms with van der Waals surface area (Å²) in [5, 5.41) is 5.01. The van der Waals surface area contributed by atoms with E-state index in [1.54, 1.807) is 43.2 Å². The number of H-pyrrole nitrogens is 2. The molecule has 8 rings (SSSR count). The zero-order chi connectivity index (χ0) is 47.5. The standard InChI is InChI=1S/C18H20Cl2N6O2.C11H14ClN5O2.C7H7Cl2N/c19-13-2-1-12(9-14(13)20)10-21-18-23-16-15(17(27)24-18)26(11-22-16)4-3-25-5-7-28-8-6-25;12-11-14-9-8(10(18)15-11)17(7-13-9)2-1-16-3-5-19-6-4-16;8-6-2-1-5(4-10)3-7(6)9/h1-2,9,11H,3-8,10H2,(H2,21,23,24,27);7H,1-6H2,(H,14,15,18);1-3H,4,10H2/i7D2,8D2;5D2,6D2;. The Balaban J connectivity index is 0.000000184. The van der Waals surface area contributed by atoms with Gasteiger partial charge in [-0.3, -0.25) is 29.4 Å². The lowest BCUT2D eigenvalue weighted by atomic mass is 10.2. The fourth-order valence-corrected chi connectivity index (χ4v) is 6.20. The number of aromatic amines is 2. The lowest BCUT2D eigenvalue weighted by Gasteiger charge is -2.26. The Kier molecular flexibility index (Phi) is 12.0. The summed E-state index contributed by atoms with van der Waals surface area (Å²) in [6, 6.07) is 10.6. The molecular weight excluding hydrogens is 842 g/mol. The number of hydrogen-bond donors (Lipinski definition) is 4. The first-order valence-corrected chi connectivity index (χ1v) is 19.0. The molecule has 0 aliphatic carbocycles. The number of imidazole rings is 2. The smallest absolute Gasteiger partial charge is 0.278 e. The minimum atomic E-state index is -2.09. The number of benzene rings is 2. The quantitative estimate of drug-likeness (QED) is 0.136. The number of morpholine rings is 2. The molecule has 0 radical (unpaired) electrons. The minimum absolute atomic E-state index is 0.0395. The first-order chi connectivity index (χ1) is 30.4. The van der Waals surface area contributed by atoms with Crippen LogP contribution in [-0.4, -0.2) is 114 Å². The van der Waals surface area contributed by atoms with Gasteiger partial charge in [0, 0.05) is 65.4 Å². The van der Waals surface area contributed by atoms with E-state index in [9.17, 15) is 9.59 Å². The molecule has 0 amide bonds. The Morgan fingerprint density at radius 1 is 0.684 bits per heavy atom. The fourth-order valence-electron chi connectivity index (χ4n) is 5.39. The van der Waals surface area contributed by atoms with Crippen molar-refractivity contribution in [2.45, 2.75) is 26.2 Å². The molecule has 0 bridgehead atoms. The molecule has 2 fully saturated rings. The third-order valence-corrected chi connectivity index (χ3v) is 10.0. The van der Waals surface area contributed by atoms with Crippen LogP contribution in [0, 0.1) is 0 Å². The van der Waals surface area contributed by atoms with Crippen LogP contribution in [0.15, 0.2) is 58.6 Å². The van der Waals surface area contributed by atoms with Crippen LogP contribution in [0.2, 0.25) is 25.4 Å². The number of rotatable bonds is 10. The van der Waals surface area contributed by atoms with E-state index in [0.29, 0.717) is 59.4 Å². The molecule has 2 aromatic carbocycles. The van der Waals surface area contributed by atoms with E-state index in [4.69, 9.17) is 84.2 Å². The zero-order valence-electron chi connectivity index (χ0n) is 37.9. The Bertz CT molecular complexity index is 2730. The molecule has 21 heteroatoms. The first-order valence-electron chi connectivity index (χ1n) is 21.1. The predicted molar refractivity (Wildman–Crippen MR) is 224 cm³/mol. The van der Waals surface area contributed by atoms with Crippen molar-refractivity contribution in [1.29, 1.82) is 0 Å². The Morgan fingerprint density at radius 2 is 1.18 bits per heavy atom. The van der Waals surface area contributed by atoms with Crippen molar-refractivity contribution in [3.8, 4) is 0 Å².